The van der Waals surface area contributed by atoms with Crippen LogP contribution in [0, 0.1) is 12.5 Å². The molecule has 1 saturated heterocycles. The monoisotopic (exact) mass is 534 g/mol. The molecule has 4 heterocycles. The van der Waals surface area contributed by atoms with Crippen molar-refractivity contribution in [3.8, 4) is 28.3 Å². The maximum atomic E-state index is 13.1. The SMILES string of the molecule is [C-]#[N+]c1ccc(-c2cc3n(c2)Cc2cc(NC(=O)C4CCN(C(=O)OC(C)(C)C)C4)ccc2-n2ccnc2-3)cc1. The van der Waals surface area contributed by atoms with Crippen LogP contribution in [-0.4, -0.2) is 49.7 Å². The number of likely N-dealkylation sites (tertiary alicyclic amines) is 1. The van der Waals surface area contributed by atoms with E-state index in [-0.39, 0.29) is 17.9 Å². The van der Waals surface area contributed by atoms with Gasteiger partial charge in [-0.15, -0.1) is 0 Å². The highest BCUT2D eigenvalue weighted by atomic mass is 16.6. The van der Waals surface area contributed by atoms with E-state index in [4.69, 9.17) is 11.3 Å². The van der Waals surface area contributed by atoms with Crippen LogP contribution in [0.3, 0.4) is 0 Å². The molecule has 1 unspecified atom stereocenters. The number of carbonyl (C=O) groups excluding carboxylic acids is 2. The van der Waals surface area contributed by atoms with Crippen molar-refractivity contribution < 1.29 is 14.3 Å². The van der Waals surface area contributed by atoms with Crippen LogP contribution >= 0.6 is 0 Å². The summed E-state index contributed by atoms with van der Waals surface area (Å²) in [6, 6.07) is 15.6. The summed E-state index contributed by atoms with van der Waals surface area (Å²) in [4.78, 5) is 35.3. The van der Waals surface area contributed by atoms with Gasteiger partial charge in [-0.05, 0) is 62.6 Å². The maximum Gasteiger partial charge on any atom is 0.410 e. The molecule has 9 nitrogen and oxygen atoms in total. The van der Waals surface area contributed by atoms with Gasteiger partial charge < -0.3 is 19.5 Å². The summed E-state index contributed by atoms with van der Waals surface area (Å²) >= 11 is 0. The van der Waals surface area contributed by atoms with Crippen molar-refractivity contribution >= 4 is 23.4 Å². The predicted molar refractivity (Wildman–Crippen MR) is 152 cm³/mol. The molecule has 1 atom stereocenters. The van der Waals surface area contributed by atoms with Crippen molar-refractivity contribution in [1.82, 2.24) is 19.0 Å². The number of amides is 2. The van der Waals surface area contributed by atoms with Gasteiger partial charge >= 0.3 is 6.09 Å². The molecule has 2 aliphatic rings. The van der Waals surface area contributed by atoms with Gasteiger partial charge in [0.2, 0.25) is 5.91 Å². The number of hydrogen-bond acceptors (Lipinski definition) is 4. The molecule has 2 amide bonds. The Kier molecular flexibility index (Phi) is 6.18. The van der Waals surface area contributed by atoms with Crippen LogP contribution in [0.2, 0.25) is 0 Å². The Bertz CT molecular complexity index is 1650. The number of carbonyl (C=O) groups is 2. The van der Waals surface area contributed by atoms with Crippen LogP contribution in [0.15, 0.2) is 67.1 Å². The van der Waals surface area contributed by atoms with E-state index in [0.717, 1.165) is 33.9 Å². The highest BCUT2D eigenvalue weighted by Gasteiger charge is 2.33. The fourth-order valence-corrected chi connectivity index (χ4v) is 5.32. The number of rotatable bonds is 3. The van der Waals surface area contributed by atoms with Crippen molar-refractivity contribution in [2.45, 2.75) is 39.3 Å². The molecule has 0 spiro atoms. The molecule has 1 N–H and O–H groups in total. The third kappa shape index (κ3) is 4.84. The molecule has 2 aromatic heterocycles. The molecule has 40 heavy (non-hydrogen) atoms. The average Bonchev–Trinajstić information content (AvgIpc) is 3.67. The first-order valence-corrected chi connectivity index (χ1v) is 13.3. The molecule has 6 rings (SSSR count). The van der Waals surface area contributed by atoms with Crippen molar-refractivity contribution in [1.29, 1.82) is 0 Å². The van der Waals surface area contributed by atoms with Crippen LogP contribution in [-0.2, 0) is 16.1 Å². The number of aromatic nitrogens is 3. The van der Waals surface area contributed by atoms with Gasteiger partial charge in [-0.1, -0.05) is 24.3 Å². The molecule has 0 bridgehead atoms. The van der Waals surface area contributed by atoms with Gasteiger partial charge in [0.15, 0.2) is 11.5 Å². The topological polar surface area (TPSA) is 85.8 Å². The largest absolute Gasteiger partial charge is 0.444 e. The number of nitrogens with zero attached hydrogens (tertiary/aromatic N) is 5. The van der Waals surface area contributed by atoms with Crippen LogP contribution in [0.25, 0.3) is 33.2 Å². The summed E-state index contributed by atoms with van der Waals surface area (Å²) in [5, 5.41) is 3.07. The molecule has 0 saturated carbocycles. The van der Waals surface area contributed by atoms with Crippen molar-refractivity contribution in [2.24, 2.45) is 5.92 Å². The molecule has 202 valence electrons. The first kappa shape index (κ1) is 25.4. The van der Waals surface area contributed by atoms with Gasteiger partial charge in [0.1, 0.15) is 5.60 Å². The highest BCUT2D eigenvalue weighted by Crippen LogP contribution is 2.35. The van der Waals surface area contributed by atoms with Gasteiger partial charge in [0, 0.05) is 49.5 Å². The number of anilines is 1. The smallest absolute Gasteiger partial charge is 0.410 e. The van der Waals surface area contributed by atoms with E-state index in [1.165, 1.54) is 0 Å². The summed E-state index contributed by atoms with van der Waals surface area (Å²) in [6.07, 6.45) is 6.06. The van der Waals surface area contributed by atoms with Crippen LogP contribution in [0.5, 0.6) is 0 Å². The van der Waals surface area contributed by atoms with Gasteiger partial charge in [-0.2, -0.15) is 0 Å². The van der Waals surface area contributed by atoms with E-state index in [1.54, 1.807) is 11.1 Å². The van der Waals surface area contributed by atoms with E-state index in [9.17, 15) is 9.59 Å². The zero-order valence-corrected chi connectivity index (χ0v) is 22.7. The van der Waals surface area contributed by atoms with Gasteiger partial charge in [0.25, 0.3) is 0 Å². The molecule has 0 radical (unpaired) electrons. The Labute approximate surface area is 232 Å². The summed E-state index contributed by atoms with van der Waals surface area (Å²) < 4.78 is 9.71. The Morgan fingerprint density at radius 3 is 2.65 bits per heavy atom. The number of benzene rings is 2. The summed E-state index contributed by atoms with van der Waals surface area (Å²) in [7, 11) is 0. The Hall–Kier alpha value is -4.84. The maximum absolute atomic E-state index is 13.1. The molecular formula is C31H30N6O3. The standard InChI is InChI=1S/C31H30N6O3/c1-31(2,3)40-30(39)35-13-11-21(17-35)29(38)34-25-9-10-26-23(15-25)19-36-18-22(20-5-7-24(32-4)8-6-20)16-27(36)28-33-12-14-37(26)28/h5-10,12,14-16,18,21H,11,13,17,19H2,1-3H3,(H,34,38). The second-order valence-electron chi connectivity index (χ2n) is 11.3. The van der Waals surface area contributed by atoms with E-state index >= 15 is 0 Å². The minimum absolute atomic E-state index is 0.102. The minimum Gasteiger partial charge on any atom is -0.444 e. The van der Waals surface area contributed by atoms with E-state index in [0.29, 0.717) is 37.4 Å². The summed E-state index contributed by atoms with van der Waals surface area (Å²) in [5.41, 5.74) is 5.87. The lowest BCUT2D eigenvalue weighted by molar-refractivity contribution is -0.119. The number of ether oxygens (including phenoxy) is 1. The molecule has 1 fully saturated rings. The van der Waals surface area contributed by atoms with Crippen LogP contribution in [0.1, 0.15) is 32.8 Å². The zero-order chi connectivity index (χ0) is 28.0. The van der Waals surface area contributed by atoms with Crippen molar-refractivity contribution in [3.63, 3.8) is 0 Å². The number of hydrogen-bond donors (Lipinski definition) is 1. The number of imidazole rings is 1. The van der Waals surface area contributed by atoms with Gasteiger partial charge in [-0.3, -0.25) is 9.36 Å². The summed E-state index contributed by atoms with van der Waals surface area (Å²) in [5.74, 6) is 0.446. The predicted octanol–water partition coefficient (Wildman–Crippen LogP) is 6.12. The number of nitrogens with one attached hydrogen (secondary N) is 1. The lowest BCUT2D eigenvalue weighted by Crippen LogP contribution is -2.36. The molecule has 2 aromatic carbocycles. The molecule has 9 heteroatoms. The van der Waals surface area contributed by atoms with Crippen LogP contribution in [0.4, 0.5) is 16.2 Å². The summed E-state index contributed by atoms with van der Waals surface area (Å²) in [6.45, 7) is 14.2. The lowest BCUT2D eigenvalue weighted by atomic mass is 10.1. The van der Waals surface area contributed by atoms with Gasteiger partial charge in [-0.25, -0.2) is 14.6 Å². The number of fused-ring (bicyclic) bond motifs is 5. The first-order chi connectivity index (χ1) is 19.2. The van der Waals surface area contributed by atoms with E-state index < -0.39 is 5.60 Å². The van der Waals surface area contributed by atoms with E-state index in [2.05, 4.69) is 36.5 Å². The average molecular weight is 535 g/mol. The van der Waals surface area contributed by atoms with Crippen molar-refractivity contribution in [2.75, 3.05) is 18.4 Å². The van der Waals surface area contributed by atoms with Crippen LogP contribution < -0.4 is 5.32 Å². The van der Waals surface area contributed by atoms with Gasteiger partial charge in [0.05, 0.1) is 23.9 Å². The molecular weight excluding hydrogens is 504 g/mol. The Morgan fingerprint density at radius 1 is 1.10 bits per heavy atom. The second kappa shape index (κ2) is 9.72. The third-order valence-corrected chi connectivity index (χ3v) is 7.25. The lowest BCUT2D eigenvalue weighted by Gasteiger charge is -2.24. The Balaban J connectivity index is 1.23. The highest BCUT2D eigenvalue weighted by molar-refractivity contribution is 5.93. The Morgan fingerprint density at radius 2 is 1.90 bits per heavy atom. The van der Waals surface area contributed by atoms with Crippen molar-refractivity contribution in [3.05, 3.63) is 84.1 Å². The van der Waals surface area contributed by atoms with E-state index in [1.807, 2.05) is 69.4 Å². The first-order valence-electron chi connectivity index (χ1n) is 13.3. The quantitative estimate of drug-likeness (QED) is 0.283. The minimum atomic E-state index is -0.572. The zero-order valence-electron chi connectivity index (χ0n) is 22.7. The second-order valence-corrected chi connectivity index (χ2v) is 11.3. The normalized spacial score (nSPS) is 15.8. The fraction of sp³-hybridized carbons (Fsp3) is 0.290. The fourth-order valence-electron chi connectivity index (χ4n) is 5.32. The molecule has 0 aliphatic carbocycles. The molecule has 4 aromatic rings. The molecule has 2 aliphatic heterocycles. The third-order valence-electron chi connectivity index (χ3n) is 7.25.